The van der Waals surface area contributed by atoms with E-state index in [2.05, 4.69) is 15.6 Å². The fourth-order valence-corrected chi connectivity index (χ4v) is 3.45. The monoisotopic (exact) mass is 527 g/mol. The highest BCUT2D eigenvalue weighted by Crippen LogP contribution is 2.38. The van der Waals surface area contributed by atoms with Crippen LogP contribution in [0.1, 0.15) is 31.0 Å². The van der Waals surface area contributed by atoms with E-state index in [1.165, 1.54) is 31.3 Å². The lowest BCUT2D eigenvalue weighted by Crippen LogP contribution is -2.28. The number of benzene rings is 2. The van der Waals surface area contributed by atoms with Crippen molar-refractivity contribution in [2.24, 2.45) is 0 Å². The summed E-state index contributed by atoms with van der Waals surface area (Å²) in [6, 6.07) is 11.1. The number of halogens is 5. The van der Waals surface area contributed by atoms with Gasteiger partial charge in [0, 0.05) is 17.8 Å². The highest BCUT2D eigenvalue weighted by atomic mass is 35.5. The van der Waals surface area contributed by atoms with Gasteiger partial charge in [-0.15, -0.1) is 0 Å². The van der Waals surface area contributed by atoms with Gasteiger partial charge in [-0.05, 0) is 55.8 Å². The maximum Gasteiger partial charge on any atom is 0.416 e. The maximum atomic E-state index is 13.7. The standard InChI is InChI=1S/C24H22Cl2F3N3O3/c1-3-34-23(33)13-30-14(2)18-7-6-17(11-19(18)24(27,28)29)35-22-9-5-16(12-31-22)32-15-4-8-20(25)21(26)10-15/h4-12,14,30,32H,3,13H2,1-2H3. The summed E-state index contributed by atoms with van der Waals surface area (Å²) in [5.74, 6) is -0.466. The zero-order valence-electron chi connectivity index (χ0n) is 18.7. The molecule has 0 saturated carbocycles. The van der Waals surface area contributed by atoms with Gasteiger partial charge in [-0.1, -0.05) is 29.3 Å². The number of alkyl halides is 3. The number of aromatic nitrogens is 1. The first-order valence-electron chi connectivity index (χ1n) is 10.5. The van der Waals surface area contributed by atoms with Crippen LogP contribution in [-0.2, 0) is 15.7 Å². The molecule has 3 aromatic rings. The molecule has 0 spiro atoms. The summed E-state index contributed by atoms with van der Waals surface area (Å²) in [4.78, 5) is 15.7. The van der Waals surface area contributed by atoms with Crippen molar-refractivity contribution < 1.29 is 27.4 Å². The summed E-state index contributed by atoms with van der Waals surface area (Å²) in [7, 11) is 0. The summed E-state index contributed by atoms with van der Waals surface area (Å²) >= 11 is 11.9. The summed E-state index contributed by atoms with van der Waals surface area (Å²) in [5, 5.41) is 6.65. The van der Waals surface area contributed by atoms with Gasteiger partial charge in [0.15, 0.2) is 0 Å². The molecular formula is C24H22Cl2F3N3O3. The highest BCUT2D eigenvalue weighted by molar-refractivity contribution is 6.42. The molecule has 2 aromatic carbocycles. The van der Waals surface area contributed by atoms with Crippen LogP contribution in [0.25, 0.3) is 0 Å². The Labute approximate surface area is 210 Å². The lowest BCUT2D eigenvalue weighted by molar-refractivity contribution is -0.142. The van der Waals surface area contributed by atoms with Crippen molar-refractivity contribution in [1.82, 2.24) is 10.3 Å². The molecule has 0 saturated heterocycles. The van der Waals surface area contributed by atoms with E-state index in [-0.39, 0.29) is 30.3 Å². The third-order valence-electron chi connectivity index (χ3n) is 4.82. The Morgan fingerprint density at radius 3 is 2.43 bits per heavy atom. The summed E-state index contributed by atoms with van der Waals surface area (Å²) in [5.41, 5.74) is 0.398. The molecule has 0 aliphatic rings. The molecule has 1 heterocycles. The van der Waals surface area contributed by atoms with Gasteiger partial charge >= 0.3 is 12.1 Å². The second-order valence-electron chi connectivity index (χ2n) is 7.40. The zero-order valence-corrected chi connectivity index (χ0v) is 20.3. The van der Waals surface area contributed by atoms with E-state index in [0.717, 1.165) is 6.07 Å². The van der Waals surface area contributed by atoms with Crippen molar-refractivity contribution in [3.05, 3.63) is 75.9 Å². The molecule has 35 heavy (non-hydrogen) atoms. The van der Waals surface area contributed by atoms with E-state index in [1.807, 2.05) is 0 Å². The van der Waals surface area contributed by atoms with Gasteiger partial charge in [0.1, 0.15) is 5.75 Å². The first kappa shape index (κ1) is 26.6. The first-order chi connectivity index (χ1) is 16.6. The van der Waals surface area contributed by atoms with Crippen LogP contribution in [0.3, 0.4) is 0 Å². The minimum atomic E-state index is -4.63. The second-order valence-corrected chi connectivity index (χ2v) is 8.21. The Morgan fingerprint density at radius 2 is 1.80 bits per heavy atom. The number of nitrogens with one attached hydrogen (secondary N) is 2. The lowest BCUT2D eigenvalue weighted by atomic mass is 10.0. The van der Waals surface area contributed by atoms with Crippen molar-refractivity contribution >= 4 is 40.5 Å². The van der Waals surface area contributed by atoms with E-state index in [1.54, 1.807) is 31.2 Å². The number of rotatable bonds is 9. The average molecular weight is 528 g/mol. The Bertz CT molecular complexity index is 1170. The molecule has 0 aliphatic heterocycles. The smallest absolute Gasteiger partial charge is 0.416 e. The third kappa shape index (κ3) is 7.48. The van der Waals surface area contributed by atoms with Crippen molar-refractivity contribution in [1.29, 1.82) is 0 Å². The van der Waals surface area contributed by atoms with Crippen LogP contribution in [0.4, 0.5) is 24.5 Å². The van der Waals surface area contributed by atoms with Crippen LogP contribution < -0.4 is 15.4 Å². The molecule has 0 amide bonds. The Morgan fingerprint density at radius 1 is 1.06 bits per heavy atom. The molecule has 2 N–H and O–H groups in total. The van der Waals surface area contributed by atoms with E-state index in [4.69, 9.17) is 32.7 Å². The number of carbonyl (C=O) groups excluding carboxylic acids is 1. The normalized spacial score (nSPS) is 12.2. The van der Waals surface area contributed by atoms with Crippen molar-refractivity contribution in [3.8, 4) is 11.6 Å². The summed E-state index contributed by atoms with van der Waals surface area (Å²) in [6.45, 7) is 3.16. The van der Waals surface area contributed by atoms with Gasteiger partial charge in [0.25, 0.3) is 0 Å². The minimum absolute atomic E-state index is 0.0247. The number of esters is 1. The zero-order chi connectivity index (χ0) is 25.6. The second kappa shape index (κ2) is 11.6. The van der Waals surface area contributed by atoms with Gasteiger partial charge in [-0.2, -0.15) is 13.2 Å². The van der Waals surface area contributed by atoms with Crippen molar-refractivity contribution in [2.45, 2.75) is 26.1 Å². The highest BCUT2D eigenvalue weighted by Gasteiger charge is 2.35. The molecule has 1 atom stereocenters. The molecular weight excluding hydrogens is 506 g/mol. The number of carbonyl (C=O) groups is 1. The van der Waals surface area contributed by atoms with Gasteiger partial charge in [0.05, 0.1) is 40.6 Å². The van der Waals surface area contributed by atoms with Gasteiger partial charge in [0.2, 0.25) is 5.88 Å². The Balaban J connectivity index is 1.72. The SMILES string of the molecule is CCOC(=O)CNC(C)c1ccc(Oc2ccc(Nc3ccc(Cl)c(Cl)c3)cn2)cc1C(F)(F)F. The molecule has 6 nitrogen and oxygen atoms in total. The number of pyridine rings is 1. The molecule has 3 rings (SSSR count). The number of hydrogen-bond donors (Lipinski definition) is 2. The molecule has 0 aliphatic carbocycles. The summed E-state index contributed by atoms with van der Waals surface area (Å²) < 4.78 is 51.6. The van der Waals surface area contributed by atoms with E-state index >= 15 is 0 Å². The molecule has 0 fully saturated rings. The van der Waals surface area contributed by atoms with Crippen molar-refractivity contribution in [3.63, 3.8) is 0 Å². The maximum absolute atomic E-state index is 13.7. The van der Waals surface area contributed by atoms with Crippen LogP contribution in [0.5, 0.6) is 11.6 Å². The number of anilines is 2. The van der Waals surface area contributed by atoms with Crippen LogP contribution in [-0.4, -0.2) is 24.1 Å². The number of hydrogen-bond acceptors (Lipinski definition) is 6. The first-order valence-corrected chi connectivity index (χ1v) is 11.3. The fourth-order valence-electron chi connectivity index (χ4n) is 3.16. The molecule has 0 radical (unpaired) electrons. The third-order valence-corrected chi connectivity index (χ3v) is 5.56. The lowest BCUT2D eigenvalue weighted by Gasteiger charge is -2.20. The Kier molecular flexibility index (Phi) is 8.82. The molecule has 1 aromatic heterocycles. The van der Waals surface area contributed by atoms with Gasteiger partial charge in [-0.3, -0.25) is 4.79 Å². The Hall–Kier alpha value is -3.01. The predicted molar refractivity (Wildman–Crippen MR) is 129 cm³/mol. The minimum Gasteiger partial charge on any atom is -0.465 e. The van der Waals surface area contributed by atoms with Gasteiger partial charge < -0.3 is 20.1 Å². The molecule has 0 bridgehead atoms. The quantitative estimate of drug-likeness (QED) is 0.287. The largest absolute Gasteiger partial charge is 0.465 e. The van der Waals surface area contributed by atoms with Crippen molar-refractivity contribution in [2.75, 3.05) is 18.5 Å². The summed E-state index contributed by atoms with van der Waals surface area (Å²) in [6.07, 6.45) is -3.16. The van der Waals surface area contributed by atoms with E-state index in [9.17, 15) is 18.0 Å². The average Bonchev–Trinajstić information content (AvgIpc) is 2.81. The molecule has 11 heteroatoms. The number of ether oxygens (including phenoxy) is 2. The molecule has 186 valence electrons. The van der Waals surface area contributed by atoms with Crippen LogP contribution in [0.15, 0.2) is 54.7 Å². The van der Waals surface area contributed by atoms with E-state index < -0.39 is 23.8 Å². The predicted octanol–water partition coefficient (Wildman–Crippen LogP) is 7.16. The topological polar surface area (TPSA) is 72.5 Å². The fraction of sp³-hybridized carbons (Fsp3) is 0.250. The van der Waals surface area contributed by atoms with Crippen LogP contribution in [0.2, 0.25) is 10.0 Å². The van der Waals surface area contributed by atoms with Crippen LogP contribution >= 0.6 is 23.2 Å². The number of nitrogens with zero attached hydrogens (tertiary/aromatic N) is 1. The van der Waals surface area contributed by atoms with Crippen LogP contribution in [0, 0.1) is 0 Å². The van der Waals surface area contributed by atoms with E-state index in [0.29, 0.717) is 21.4 Å². The van der Waals surface area contributed by atoms with Gasteiger partial charge in [-0.25, -0.2) is 4.98 Å². The molecule has 1 unspecified atom stereocenters.